The molecular weight excluding hydrogens is 259 g/mol. The molecule has 1 rings (SSSR count). The highest BCUT2D eigenvalue weighted by Crippen LogP contribution is 2.20. The number of aliphatic hydroxyl groups excluding tert-OH is 1. The van der Waals surface area contributed by atoms with Crippen molar-refractivity contribution in [3.63, 3.8) is 0 Å². The van der Waals surface area contributed by atoms with Crippen molar-refractivity contribution in [1.29, 1.82) is 0 Å². The standard InChI is InChI=1S/C12H16BrFO/c1-2-3-4-11(15)8-9-7-10(14)5-6-12(9)13/h5-7,11,15H,2-4,8H2,1H3. The summed E-state index contributed by atoms with van der Waals surface area (Å²) in [6.07, 6.45) is 3.00. The van der Waals surface area contributed by atoms with Crippen LogP contribution in [0, 0.1) is 5.82 Å². The third-order valence-corrected chi connectivity index (χ3v) is 3.13. The molecule has 3 heteroatoms. The summed E-state index contributed by atoms with van der Waals surface area (Å²) >= 11 is 3.35. The van der Waals surface area contributed by atoms with Crippen LogP contribution in [0.3, 0.4) is 0 Å². The molecule has 0 saturated heterocycles. The minimum Gasteiger partial charge on any atom is -0.393 e. The molecule has 0 amide bonds. The zero-order chi connectivity index (χ0) is 11.3. The van der Waals surface area contributed by atoms with Crippen LogP contribution in [-0.4, -0.2) is 11.2 Å². The third kappa shape index (κ3) is 4.31. The van der Waals surface area contributed by atoms with Gasteiger partial charge in [-0.05, 0) is 36.6 Å². The van der Waals surface area contributed by atoms with Crippen LogP contribution in [0.25, 0.3) is 0 Å². The highest BCUT2D eigenvalue weighted by Gasteiger charge is 2.08. The van der Waals surface area contributed by atoms with Crippen molar-refractivity contribution >= 4 is 15.9 Å². The van der Waals surface area contributed by atoms with Gasteiger partial charge in [-0.2, -0.15) is 0 Å². The molecule has 1 atom stereocenters. The highest BCUT2D eigenvalue weighted by atomic mass is 79.9. The monoisotopic (exact) mass is 274 g/mol. The normalized spacial score (nSPS) is 12.8. The fourth-order valence-electron chi connectivity index (χ4n) is 1.50. The molecule has 0 aliphatic heterocycles. The maximum Gasteiger partial charge on any atom is 0.123 e. The Balaban J connectivity index is 2.59. The summed E-state index contributed by atoms with van der Waals surface area (Å²) in [6.45, 7) is 2.09. The summed E-state index contributed by atoms with van der Waals surface area (Å²) in [5, 5.41) is 9.71. The van der Waals surface area contributed by atoms with Crippen LogP contribution in [-0.2, 0) is 6.42 Å². The van der Waals surface area contributed by atoms with Gasteiger partial charge in [0.2, 0.25) is 0 Å². The van der Waals surface area contributed by atoms with Gasteiger partial charge >= 0.3 is 0 Å². The van der Waals surface area contributed by atoms with Gasteiger partial charge in [0.25, 0.3) is 0 Å². The van der Waals surface area contributed by atoms with Gasteiger partial charge in [0.05, 0.1) is 6.10 Å². The SMILES string of the molecule is CCCCC(O)Cc1cc(F)ccc1Br. The zero-order valence-electron chi connectivity index (χ0n) is 8.84. The first-order chi connectivity index (χ1) is 7.13. The molecule has 15 heavy (non-hydrogen) atoms. The van der Waals surface area contributed by atoms with E-state index in [0.29, 0.717) is 6.42 Å². The second kappa shape index (κ2) is 6.23. The summed E-state index contributed by atoms with van der Waals surface area (Å²) < 4.78 is 13.8. The maximum atomic E-state index is 12.9. The molecule has 0 aliphatic rings. The van der Waals surface area contributed by atoms with Crippen molar-refractivity contribution in [3.8, 4) is 0 Å². The van der Waals surface area contributed by atoms with E-state index in [1.54, 1.807) is 6.07 Å². The molecule has 0 heterocycles. The van der Waals surface area contributed by atoms with Crippen LogP contribution in [0.1, 0.15) is 31.7 Å². The first kappa shape index (κ1) is 12.7. The van der Waals surface area contributed by atoms with E-state index in [2.05, 4.69) is 22.9 Å². The second-order valence-electron chi connectivity index (χ2n) is 3.74. The molecule has 0 spiro atoms. The maximum absolute atomic E-state index is 12.9. The Bertz CT molecular complexity index is 314. The Kier molecular flexibility index (Phi) is 5.26. The molecule has 1 aromatic carbocycles. The molecule has 0 aromatic heterocycles. The predicted molar refractivity (Wildman–Crippen MR) is 63.3 cm³/mol. The quantitative estimate of drug-likeness (QED) is 0.869. The molecule has 0 saturated carbocycles. The molecule has 0 bridgehead atoms. The fraction of sp³-hybridized carbons (Fsp3) is 0.500. The predicted octanol–water partition coefficient (Wildman–Crippen LogP) is 3.68. The van der Waals surface area contributed by atoms with Gasteiger partial charge in [0.15, 0.2) is 0 Å². The van der Waals surface area contributed by atoms with Crippen LogP contribution in [0.5, 0.6) is 0 Å². The van der Waals surface area contributed by atoms with Gasteiger partial charge < -0.3 is 5.11 Å². The molecule has 1 unspecified atom stereocenters. The molecule has 1 aromatic rings. The minimum absolute atomic E-state index is 0.254. The lowest BCUT2D eigenvalue weighted by Crippen LogP contribution is -2.10. The van der Waals surface area contributed by atoms with Crippen molar-refractivity contribution in [2.45, 2.75) is 38.7 Å². The molecule has 0 aliphatic carbocycles. The summed E-state index contributed by atoms with van der Waals surface area (Å²) in [6, 6.07) is 4.56. The first-order valence-electron chi connectivity index (χ1n) is 5.25. The van der Waals surface area contributed by atoms with Crippen molar-refractivity contribution in [3.05, 3.63) is 34.1 Å². The van der Waals surface area contributed by atoms with Gasteiger partial charge in [0, 0.05) is 4.47 Å². The number of hydrogen-bond donors (Lipinski definition) is 1. The van der Waals surface area contributed by atoms with E-state index in [4.69, 9.17) is 0 Å². The lowest BCUT2D eigenvalue weighted by Gasteiger charge is -2.11. The molecule has 0 radical (unpaired) electrons. The molecular formula is C12H16BrFO. The highest BCUT2D eigenvalue weighted by molar-refractivity contribution is 9.10. The number of rotatable bonds is 5. The lowest BCUT2D eigenvalue weighted by molar-refractivity contribution is 0.161. The second-order valence-corrected chi connectivity index (χ2v) is 4.59. The van der Waals surface area contributed by atoms with Crippen molar-refractivity contribution in [1.82, 2.24) is 0 Å². The topological polar surface area (TPSA) is 20.2 Å². The average Bonchev–Trinajstić information content (AvgIpc) is 2.20. The van der Waals surface area contributed by atoms with Gasteiger partial charge in [-0.1, -0.05) is 35.7 Å². The largest absolute Gasteiger partial charge is 0.393 e. The van der Waals surface area contributed by atoms with E-state index in [-0.39, 0.29) is 11.9 Å². The fourth-order valence-corrected chi connectivity index (χ4v) is 1.90. The Morgan fingerprint density at radius 3 is 2.87 bits per heavy atom. The summed E-state index contributed by atoms with van der Waals surface area (Å²) in [7, 11) is 0. The average molecular weight is 275 g/mol. The number of benzene rings is 1. The molecule has 1 nitrogen and oxygen atoms in total. The van der Waals surface area contributed by atoms with Crippen molar-refractivity contribution in [2.75, 3.05) is 0 Å². The Morgan fingerprint density at radius 1 is 1.47 bits per heavy atom. The molecule has 0 fully saturated rings. The van der Waals surface area contributed by atoms with E-state index >= 15 is 0 Å². The van der Waals surface area contributed by atoms with Crippen LogP contribution in [0.2, 0.25) is 0 Å². The molecule has 1 N–H and O–H groups in total. The van der Waals surface area contributed by atoms with E-state index in [1.807, 2.05) is 0 Å². The van der Waals surface area contributed by atoms with Crippen LogP contribution < -0.4 is 0 Å². The van der Waals surface area contributed by atoms with E-state index in [1.165, 1.54) is 12.1 Å². The number of aliphatic hydroxyl groups is 1. The van der Waals surface area contributed by atoms with E-state index < -0.39 is 0 Å². The van der Waals surface area contributed by atoms with E-state index in [9.17, 15) is 9.50 Å². The summed E-state index contributed by atoms with van der Waals surface area (Å²) in [4.78, 5) is 0. The first-order valence-corrected chi connectivity index (χ1v) is 6.04. The van der Waals surface area contributed by atoms with Crippen LogP contribution >= 0.6 is 15.9 Å². The van der Waals surface area contributed by atoms with Gasteiger partial charge in [0.1, 0.15) is 5.82 Å². The Morgan fingerprint density at radius 2 is 2.20 bits per heavy atom. The van der Waals surface area contributed by atoms with Crippen LogP contribution in [0.4, 0.5) is 4.39 Å². The number of hydrogen-bond acceptors (Lipinski definition) is 1. The van der Waals surface area contributed by atoms with Gasteiger partial charge in [-0.3, -0.25) is 0 Å². The third-order valence-electron chi connectivity index (χ3n) is 2.35. The zero-order valence-corrected chi connectivity index (χ0v) is 10.4. The van der Waals surface area contributed by atoms with Crippen molar-refractivity contribution < 1.29 is 9.50 Å². The summed E-state index contributed by atoms with van der Waals surface area (Å²) in [5.74, 6) is -0.254. The van der Waals surface area contributed by atoms with Crippen LogP contribution in [0.15, 0.2) is 22.7 Å². The molecule has 84 valence electrons. The van der Waals surface area contributed by atoms with Gasteiger partial charge in [-0.25, -0.2) is 4.39 Å². The Labute approximate surface area is 98.4 Å². The summed E-state index contributed by atoms with van der Waals surface area (Å²) in [5.41, 5.74) is 0.832. The smallest absolute Gasteiger partial charge is 0.123 e. The number of unbranched alkanes of at least 4 members (excludes halogenated alkanes) is 1. The van der Waals surface area contributed by atoms with E-state index in [0.717, 1.165) is 29.3 Å². The number of halogens is 2. The van der Waals surface area contributed by atoms with Crippen molar-refractivity contribution in [2.24, 2.45) is 0 Å². The Hall–Kier alpha value is -0.410. The van der Waals surface area contributed by atoms with Gasteiger partial charge in [-0.15, -0.1) is 0 Å². The lowest BCUT2D eigenvalue weighted by atomic mass is 10.0. The minimum atomic E-state index is -0.372.